The minimum Gasteiger partial charge on any atom is -0.478 e. The summed E-state index contributed by atoms with van der Waals surface area (Å²) in [6, 6.07) is 11.0. The van der Waals surface area contributed by atoms with E-state index in [0.29, 0.717) is 16.5 Å². The van der Waals surface area contributed by atoms with Gasteiger partial charge in [0.15, 0.2) is 0 Å². The summed E-state index contributed by atoms with van der Waals surface area (Å²) in [6.07, 6.45) is -0.735. The van der Waals surface area contributed by atoms with Gasteiger partial charge in [0.05, 0.1) is 11.3 Å². The first-order chi connectivity index (χ1) is 11.6. The zero-order valence-corrected chi connectivity index (χ0v) is 14.8. The Bertz CT molecular complexity index is 781. The zero-order valence-electron chi connectivity index (χ0n) is 14.0. The number of carboxylic acids is 1. The standard InChI is InChI=1S/C18H18ClNO5/c1-18(2,3)25-17(23)20-15-9-8-13(10-14(15)16(21)22)24-12-6-4-11(19)5-7-12/h4-10H,1-3H3,(H,20,23)(H,21,22). The van der Waals surface area contributed by atoms with E-state index in [0.717, 1.165) is 0 Å². The first-order valence-corrected chi connectivity index (χ1v) is 7.82. The smallest absolute Gasteiger partial charge is 0.412 e. The Labute approximate surface area is 150 Å². The first kappa shape index (κ1) is 18.6. The molecule has 2 rings (SSSR count). The van der Waals surface area contributed by atoms with Crippen LogP contribution in [0, 0.1) is 0 Å². The van der Waals surface area contributed by atoms with Crippen molar-refractivity contribution in [1.82, 2.24) is 0 Å². The molecule has 6 nitrogen and oxygen atoms in total. The van der Waals surface area contributed by atoms with E-state index in [-0.39, 0.29) is 11.3 Å². The summed E-state index contributed by atoms with van der Waals surface area (Å²) in [5.41, 5.74) is -0.687. The molecular weight excluding hydrogens is 346 g/mol. The Kier molecular flexibility index (Phi) is 5.54. The van der Waals surface area contributed by atoms with E-state index in [1.165, 1.54) is 12.1 Å². The van der Waals surface area contributed by atoms with Crippen LogP contribution < -0.4 is 10.1 Å². The number of carboxylic acid groups (broad SMARTS) is 1. The maximum atomic E-state index is 11.8. The van der Waals surface area contributed by atoms with Gasteiger partial charge < -0.3 is 14.6 Å². The van der Waals surface area contributed by atoms with Crippen LogP contribution in [-0.4, -0.2) is 22.8 Å². The molecule has 1 amide bonds. The van der Waals surface area contributed by atoms with Crippen molar-refractivity contribution in [2.75, 3.05) is 5.32 Å². The molecule has 0 aliphatic heterocycles. The topological polar surface area (TPSA) is 84.9 Å². The Hall–Kier alpha value is -2.73. The van der Waals surface area contributed by atoms with E-state index >= 15 is 0 Å². The van der Waals surface area contributed by atoms with Crippen molar-refractivity contribution in [3.8, 4) is 11.5 Å². The van der Waals surface area contributed by atoms with Crippen LogP contribution in [0.5, 0.6) is 11.5 Å². The van der Waals surface area contributed by atoms with E-state index < -0.39 is 17.7 Å². The summed E-state index contributed by atoms with van der Waals surface area (Å²) < 4.78 is 10.7. The highest BCUT2D eigenvalue weighted by Crippen LogP contribution is 2.28. The number of halogens is 1. The fraction of sp³-hybridized carbons (Fsp3) is 0.222. The lowest BCUT2D eigenvalue weighted by atomic mass is 10.1. The van der Waals surface area contributed by atoms with Gasteiger partial charge in [0, 0.05) is 5.02 Å². The number of nitrogens with one attached hydrogen (secondary N) is 1. The van der Waals surface area contributed by atoms with Crippen molar-refractivity contribution in [3.63, 3.8) is 0 Å². The molecule has 0 radical (unpaired) electrons. The number of ether oxygens (including phenoxy) is 2. The molecule has 0 unspecified atom stereocenters. The summed E-state index contributed by atoms with van der Waals surface area (Å²) >= 11 is 5.81. The van der Waals surface area contributed by atoms with Crippen LogP contribution >= 0.6 is 11.6 Å². The molecule has 0 atom stereocenters. The molecule has 25 heavy (non-hydrogen) atoms. The van der Waals surface area contributed by atoms with Gasteiger partial charge in [0.25, 0.3) is 0 Å². The van der Waals surface area contributed by atoms with Crippen molar-refractivity contribution in [2.45, 2.75) is 26.4 Å². The zero-order chi connectivity index (χ0) is 18.6. The number of hydrogen-bond acceptors (Lipinski definition) is 4. The minimum atomic E-state index is -1.20. The highest BCUT2D eigenvalue weighted by Gasteiger charge is 2.19. The average Bonchev–Trinajstić information content (AvgIpc) is 2.49. The lowest BCUT2D eigenvalue weighted by Crippen LogP contribution is -2.27. The number of hydrogen-bond donors (Lipinski definition) is 2. The second-order valence-corrected chi connectivity index (χ2v) is 6.63. The molecule has 7 heteroatoms. The molecule has 0 fully saturated rings. The quantitative estimate of drug-likeness (QED) is 0.782. The molecule has 132 valence electrons. The summed E-state index contributed by atoms with van der Waals surface area (Å²) in [6.45, 7) is 5.15. The molecule has 2 N–H and O–H groups in total. The maximum absolute atomic E-state index is 11.8. The number of carbonyl (C=O) groups excluding carboxylic acids is 1. The van der Waals surface area contributed by atoms with E-state index in [9.17, 15) is 14.7 Å². The van der Waals surface area contributed by atoms with Crippen molar-refractivity contribution in [2.24, 2.45) is 0 Å². The predicted octanol–water partition coefficient (Wildman–Crippen LogP) is 5.18. The Morgan fingerprint density at radius 3 is 2.20 bits per heavy atom. The molecule has 2 aromatic carbocycles. The lowest BCUT2D eigenvalue weighted by Gasteiger charge is -2.20. The fourth-order valence-corrected chi connectivity index (χ4v) is 2.05. The fourth-order valence-electron chi connectivity index (χ4n) is 1.93. The lowest BCUT2D eigenvalue weighted by molar-refractivity contribution is 0.0636. The number of carbonyl (C=O) groups is 2. The van der Waals surface area contributed by atoms with Crippen LogP contribution in [0.4, 0.5) is 10.5 Å². The van der Waals surface area contributed by atoms with Gasteiger partial charge in [-0.25, -0.2) is 9.59 Å². The van der Waals surface area contributed by atoms with Gasteiger partial charge in [0.2, 0.25) is 0 Å². The van der Waals surface area contributed by atoms with E-state index in [1.54, 1.807) is 51.1 Å². The van der Waals surface area contributed by atoms with Gasteiger partial charge in [-0.15, -0.1) is 0 Å². The number of benzene rings is 2. The summed E-state index contributed by atoms with van der Waals surface area (Å²) in [5, 5.41) is 12.4. The van der Waals surface area contributed by atoms with Gasteiger partial charge in [-0.05, 0) is 63.2 Å². The second kappa shape index (κ2) is 7.44. The van der Waals surface area contributed by atoms with Gasteiger partial charge in [-0.1, -0.05) is 11.6 Å². The van der Waals surface area contributed by atoms with E-state index in [4.69, 9.17) is 21.1 Å². The molecular formula is C18H18ClNO5. The van der Waals surface area contributed by atoms with Gasteiger partial charge in [0.1, 0.15) is 17.1 Å². The van der Waals surface area contributed by atoms with Crippen molar-refractivity contribution >= 4 is 29.4 Å². The molecule has 0 heterocycles. The molecule has 0 aliphatic carbocycles. The highest BCUT2D eigenvalue weighted by molar-refractivity contribution is 6.30. The average molecular weight is 364 g/mol. The van der Waals surface area contributed by atoms with Crippen LogP contribution in [0.15, 0.2) is 42.5 Å². The van der Waals surface area contributed by atoms with Crippen molar-refractivity contribution < 1.29 is 24.2 Å². The number of amides is 1. The van der Waals surface area contributed by atoms with Crippen molar-refractivity contribution in [1.29, 1.82) is 0 Å². The molecule has 0 aromatic heterocycles. The molecule has 0 saturated carbocycles. The Balaban J connectivity index is 2.21. The van der Waals surface area contributed by atoms with E-state index in [2.05, 4.69) is 5.32 Å². The van der Waals surface area contributed by atoms with Gasteiger partial charge >= 0.3 is 12.1 Å². The highest BCUT2D eigenvalue weighted by atomic mass is 35.5. The second-order valence-electron chi connectivity index (χ2n) is 6.20. The van der Waals surface area contributed by atoms with Crippen LogP contribution in [0.3, 0.4) is 0 Å². The third kappa shape index (κ3) is 5.69. The normalized spacial score (nSPS) is 10.9. The Morgan fingerprint density at radius 1 is 1.04 bits per heavy atom. The monoisotopic (exact) mass is 363 g/mol. The molecule has 0 aliphatic rings. The van der Waals surface area contributed by atoms with Crippen molar-refractivity contribution in [3.05, 3.63) is 53.1 Å². The Morgan fingerprint density at radius 2 is 1.64 bits per heavy atom. The molecule has 0 saturated heterocycles. The minimum absolute atomic E-state index is 0.114. The summed E-state index contributed by atoms with van der Waals surface area (Å²) in [4.78, 5) is 23.3. The third-order valence-electron chi connectivity index (χ3n) is 2.91. The molecule has 0 spiro atoms. The predicted molar refractivity (Wildman–Crippen MR) is 94.8 cm³/mol. The molecule has 2 aromatic rings. The summed E-state index contributed by atoms with van der Waals surface area (Å²) in [7, 11) is 0. The van der Waals surface area contributed by atoms with Crippen LogP contribution in [0.2, 0.25) is 5.02 Å². The molecule has 0 bridgehead atoms. The van der Waals surface area contributed by atoms with Crippen LogP contribution in [0.1, 0.15) is 31.1 Å². The van der Waals surface area contributed by atoms with Crippen LogP contribution in [-0.2, 0) is 4.74 Å². The third-order valence-corrected chi connectivity index (χ3v) is 3.16. The summed E-state index contributed by atoms with van der Waals surface area (Å²) in [5.74, 6) is -0.379. The van der Waals surface area contributed by atoms with Gasteiger partial charge in [-0.3, -0.25) is 5.32 Å². The van der Waals surface area contributed by atoms with Crippen LogP contribution in [0.25, 0.3) is 0 Å². The number of aromatic carboxylic acids is 1. The maximum Gasteiger partial charge on any atom is 0.412 e. The SMILES string of the molecule is CC(C)(C)OC(=O)Nc1ccc(Oc2ccc(Cl)cc2)cc1C(=O)O. The number of anilines is 1. The first-order valence-electron chi connectivity index (χ1n) is 7.45. The largest absolute Gasteiger partial charge is 0.478 e. The number of rotatable bonds is 4. The van der Waals surface area contributed by atoms with E-state index in [1.807, 2.05) is 0 Å². The van der Waals surface area contributed by atoms with Gasteiger partial charge in [-0.2, -0.15) is 0 Å².